The van der Waals surface area contributed by atoms with Crippen LogP contribution < -0.4 is 0 Å². The first-order valence-electron chi connectivity index (χ1n) is 8.94. The second-order valence-corrected chi connectivity index (χ2v) is 8.05. The summed E-state index contributed by atoms with van der Waals surface area (Å²) in [6.45, 7) is 7.26. The number of likely N-dealkylation sites (N-methyl/N-ethyl adjacent to an activating group) is 1. The van der Waals surface area contributed by atoms with E-state index in [1.54, 1.807) is 17.9 Å². The second kappa shape index (κ2) is 9.29. The predicted molar refractivity (Wildman–Crippen MR) is 99.0 cm³/mol. The Labute approximate surface area is 160 Å². The monoisotopic (exact) mass is 398 g/mol. The molecule has 1 fully saturated rings. The highest BCUT2D eigenvalue weighted by Gasteiger charge is 2.28. The van der Waals surface area contributed by atoms with Gasteiger partial charge in [0.1, 0.15) is 0 Å². The van der Waals surface area contributed by atoms with Crippen LogP contribution in [0.15, 0.2) is 23.1 Å². The van der Waals surface area contributed by atoms with Crippen molar-refractivity contribution in [2.45, 2.75) is 25.7 Å². The lowest BCUT2D eigenvalue weighted by Crippen LogP contribution is -2.40. The lowest BCUT2D eigenvalue weighted by Gasteiger charge is -2.26. The fourth-order valence-electron chi connectivity index (χ4n) is 2.81. The summed E-state index contributed by atoms with van der Waals surface area (Å²) in [6, 6.07) is 4.37. The van der Waals surface area contributed by atoms with Gasteiger partial charge < -0.3 is 14.4 Å². The van der Waals surface area contributed by atoms with Gasteiger partial charge in [0.25, 0.3) is 5.91 Å². The average molecular weight is 398 g/mol. The summed E-state index contributed by atoms with van der Waals surface area (Å²) in [6.07, 6.45) is 0. The smallest absolute Gasteiger partial charge is 0.338 e. The van der Waals surface area contributed by atoms with E-state index in [1.165, 1.54) is 16.4 Å². The maximum Gasteiger partial charge on any atom is 0.338 e. The molecule has 1 heterocycles. The van der Waals surface area contributed by atoms with Gasteiger partial charge in [-0.1, -0.05) is 6.07 Å². The second-order valence-electron chi connectivity index (χ2n) is 6.14. The van der Waals surface area contributed by atoms with Crippen molar-refractivity contribution < 1.29 is 27.5 Å². The first kappa shape index (κ1) is 21.3. The van der Waals surface area contributed by atoms with Gasteiger partial charge in [0.05, 0.1) is 23.7 Å². The minimum Gasteiger partial charge on any atom is -0.452 e. The molecule has 9 heteroatoms. The van der Waals surface area contributed by atoms with Crippen LogP contribution >= 0.6 is 0 Å². The van der Waals surface area contributed by atoms with Gasteiger partial charge in [0.2, 0.25) is 10.0 Å². The largest absolute Gasteiger partial charge is 0.452 e. The summed E-state index contributed by atoms with van der Waals surface area (Å²) in [4.78, 5) is 25.9. The molecular formula is C18H26N2O6S. The lowest BCUT2D eigenvalue weighted by atomic mass is 10.1. The van der Waals surface area contributed by atoms with Gasteiger partial charge in [-0.05, 0) is 38.5 Å². The van der Waals surface area contributed by atoms with Crippen molar-refractivity contribution in [3.63, 3.8) is 0 Å². The molecule has 1 aromatic carbocycles. The third-order valence-corrected chi connectivity index (χ3v) is 6.50. The van der Waals surface area contributed by atoms with Crippen molar-refractivity contribution in [3.8, 4) is 0 Å². The number of hydrogen-bond donors (Lipinski definition) is 0. The normalized spacial score (nSPS) is 15.4. The highest BCUT2D eigenvalue weighted by atomic mass is 32.2. The Morgan fingerprint density at radius 3 is 2.41 bits per heavy atom. The van der Waals surface area contributed by atoms with E-state index < -0.39 is 16.0 Å². The van der Waals surface area contributed by atoms with Gasteiger partial charge in [0, 0.05) is 26.2 Å². The van der Waals surface area contributed by atoms with Crippen LogP contribution in [0.3, 0.4) is 0 Å². The SMILES string of the molecule is CCN(CC)C(=O)COC(=O)c1ccc(C)c(S(=O)(=O)N2CCOCC2)c1. The van der Waals surface area contributed by atoms with Gasteiger partial charge >= 0.3 is 5.97 Å². The predicted octanol–water partition coefficient (Wildman–Crippen LogP) is 1.04. The molecule has 2 rings (SSSR count). The minimum absolute atomic E-state index is 0.0638. The molecule has 0 aromatic heterocycles. The van der Waals surface area contributed by atoms with Crippen molar-refractivity contribution in [1.82, 2.24) is 9.21 Å². The Kier molecular flexibility index (Phi) is 7.34. The zero-order valence-corrected chi connectivity index (χ0v) is 16.8. The van der Waals surface area contributed by atoms with Crippen LogP contribution in [0, 0.1) is 6.92 Å². The molecule has 0 N–H and O–H groups in total. The number of rotatable bonds is 7. The molecule has 1 aromatic rings. The molecule has 1 aliphatic rings. The zero-order chi connectivity index (χ0) is 20.0. The van der Waals surface area contributed by atoms with E-state index in [9.17, 15) is 18.0 Å². The summed E-state index contributed by atoms with van der Waals surface area (Å²) < 4.78 is 37.4. The number of esters is 1. The molecule has 1 aliphatic heterocycles. The molecule has 1 amide bonds. The van der Waals surface area contributed by atoms with Crippen LogP contribution in [-0.4, -0.2) is 75.5 Å². The molecule has 0 spiro atoms. The Bertz CT molecular complexity index is 783. The van der Waals surface area contributed by atoms with Crippen LogP contribution in [-0.2, 0) is 24.3 Å². The summed E-state index contributed by atoms with van der Waals surface area (Å²) in [7, 11) is -3.73. The number of morpholine rings is 1. The van der Waals surface area contributed by atoms with E-state index in [0.717, 1.165) is 0 Å². The third kappa shape index (κ3) is 5.06. The molecule has 0 radical (unpaired) electrons. The summed E-state index contributed by atoms with van der Waals surface area (Å²) in [5.41, 5.74) is 0.636. The fraction of sp³-hybridized carbons (Fsp3) is 0.556. The summed E-state index contributed by atoms with van der Waals surface area (Å²) in [5.74, 6) is -1.02. The minimum atomic E-state index is -3.73. The lowest BCUT2D eigenvalue weighted by molar-refractivity contribution is -0.134. The van der Waals surface area contributed by atoms with Gasteiger partial charge in [-0.15, -0.1) is 0 Å². The van der Waals surface area contributed by atoms with E-state index in [-0.39, 0.29) is 36.1 Å². The van der Waals surface area contributed by atoms with Crippen molar-refractivity contribution in [2.75, 3.05) is 46.0 Å². The van der Waals surface area contributed by atoms with Gasteiger partial charge in [-0.2, -0.15) is 4.31 Å². The number of benzene rings is 1. The Morgan fingerprint density at radius 2 is 1.81 bits per heavy atom. The molecule has 0 bridgehead atoms. The fourth-order valence-corrected chi connectivity index (χ4v) is 4.47. The molecule has 0 atom stereocenters. The summed E-state index contributed by atoms with van der Waals surface area (Å²) >= 11 is 0. The van der Waals surface area contributed by atoms with E-state index >= 15 is 0 Å². The number of carbonyl (C=O) groups excluding carboxylic acids is 2. The van der Waals surface area contributed by atoms with Crippen molar-refractivity contribution in [2.24, 2.45) is 0 Å². The Morgan fingerprint density at radius 1 is 1.19 bits per heavy atom. The maximum atomic E-state index is 12.9. The molecule has 0 saturated carbocycles. The van der Waals surface area contributed by atoms with Gasteiger partial charge in [-0.3, -0.25) is 4.79 Å². The van der Waals surface area contributed by atoms with E-state index in [1.807, 2.05) is 13.8 Å². The molecule has 8 nitrogen and oxygen atoms in total. The Balaban J connectivity index is 2.16. The number of nitrogens with zero attached hydrogens (tertiary/aromatic N) is 2. The van der Waals surface area contributed by atoms with Crippen LogP contribution in [0.4, 0.5) is 0 Å². The number of carbonyl (C=O) groups is 2. The quantitative estimate of drug-likeness (QED) is 0.637. The van der Waals surface area contributed by atoms with Crippen molar-refractivity contribution in [3.05, 3.63) is 29.3 Å². The molecule has 1 saturated heterocycles. The summed E-state index contributed by atoms with van der Waals surface area (Å²) in [5, 5.41) is 0. The number of sulfonamides is 1. The van der Waals surface area contributed by atoms with Crippen LogP contribution in [0.1, 0.15) is 29.8 Å². The van der Waals surface area contributed by atoms with Crippen molar-refractivity contribution in [1.29, 1.82) is 0 Å². The van der Waals surface area contributed by atoms with Gasteiger partial charge in [0.15, 0.2) is 6.61 Å². The third-order valence-electron chi connectivity index (χ3n) is 4.45. The van der Waals surface area contributed by atoms with E-state index in [0.29, 0.717) is 31.9 Å². The topological polar surface area (TPSA) is 93.2 Å². The zero-order valence-electron chi connectivity index (χ0n) is 15.9. The highest BCUT2D eigenvalue weighted by molar-refractivity contribution is 7.89. The molecule has 0 aliphatic carbocycles. The van der Waals surface area contributed by atoms with E-state index in [4.69, 9.17) is 9.47 Å². The molecule has 27 heavy (non-hydrogen) atoms. The first-order valence-corrected chi connectivity index (χ1v) is 10.4. The number of aryl methyl sites for hydroxylation is 1. The maximum absolute atomic E-state index is 12.9. The van der Waals surface area contributed by atoms with Crippen molar-refractivity contribution >= 4 is 21.9 Å². The van der Waals surface area contributed by atoms with E-state index in [2.05, 4.69) is 0 Å². The standard InChI is InChI=1S/C18H26N2O6S/c1-4-19(5-2)17(21)13-26-18(22)15-7-6-14(3)16(12-15)27(23,24)20-8-10-25-11-9-20/h6-7,12H,4-5,8-11,13H2,1-3H3. The number of ether oxygens (including phenoxy) is 2. The van der Waals surface area contributed by atoms with Crippen LogP contribution in [0.25, 0.3) is 0 Å². The first-order chi connectivity index (χ1) is 12.8. The Hall–Kier alpha value is -1.97. The molecule has 150 valence electrons. The van der Waals surface area contributed by atoms with Gasteiger partial charge in [-0.25, -0.2) is 13.2 Å². The van der Waals surface area contributed by atoms with Crippen LogP contribution in [0.5, 0.6) is 0 Å². The molecule has 0 unspecified atom stereocenters. The highest BCUT2D eigenvalue weighted by Crippen LogP contribution is 2.22. The number of amides is 1. The average Bonchev–Trinajstić information content (AvgIpc) is 2.68. The van der Waals surface area contributed by atoms with Crippen LogP contribution in [0.2, 0.25) is 0 Å². The number of hydrogen-bond acceptors (Lipinski definition) is 6. The molecular weight excluding hydrogens is 372 g/mol.